The summed E-state index contributed by atoms with van der Waals surface area (Å²) >= 11 is 0. The Morgan fingerprint density at radius 1 is 1.47 bits per heavy atom. The Bertz CT molecular complexity index is 185. The van der Waals surface area contributed by atoms with Gasteiger partial charge in [0, 0.05) is 6.42 Å². The van der Waals surface area contributed by atoms with Gasteiger partial charge < -0.3 is 9.90 Å². The van der Waals surface area contributed by atoms with Gasteiger partial charge in [-0.05, 0) is 12.8 Å². The van der Waals surface area contributed by atoms with Gasteiger partial charge in [-0.15, -0.1) is 0 Å². The SMILES string of the molecule is CCCCC(CCC#N)C(=O)O.O[SiH3].[NaH]. The number of hydrogen-bond acceptors (Lipinski definition) is 3. The maximum atomic E-state index is 10.6. The van der Waals surface area contributed by atoms with Crippen LogP contribution in [0.2, 0.25) is 0 Å². The first-order valence-electron chi connectivity index (χ1n) is 4.76. The van der Waals surface area contributed by atoms with Crippen molar-refractivity contribution in [2.45, 2.75) is 39.0 Å². The molecule has 0 aromatic heterocycles. The number of unbranched alkanes of at least 4 members (excludes halogenated alkanes) is 1. The van der Waals surface area contributed by atoms with E-state index in [1.807, 2.05) is 13.0 Å². The third-order valence-electron chi connectivity index (χ3n) is 1.86. The summed E-state index contributed by atoms with van der Waals surface area (Å²) in [6, 6.07) is 1.97. The van der Waals surface area contributed by atoms with Crippen molar-refractivity contribution in [2.75, 3.05) is 0 Å². The molecule has 1 atom stereocenters. The van der Waals surface area contributed by atoms with Gasteiger partial charge in [0.1, 0.15) is 10.5 Å². The van der Waals surface area contributed by atoms with Crippen LogP contribution >= 0.6 is 0 Å². The fraction of sp³-hybridized carbons (Fsp3) is 0.778. The summed E-state index contributed by atoms with van der Waals surface area (Å²) in [7, 11) is 0.306. The summed E-state index contributed by atoms with van der Waals surface area (Å²) in [5.74, 6) is -1.08. The number of aliphatic carboxylic acids is 1. The molecule has 6 heteroatoms. The van der Waals surface area contributed by atoms with Crippen molar-refractivity contribution in [1.29, 1.82) is 5.26 Å². The van der Waals surface area contributed by atoms with Gasteiger partial charge in [0.2, 0.25) is 0 Å². The molecule has 0 heterocycles. The average Bonchev–Trinajstić information content (AvgIpc) is 2.20. The number of nitriles is 1. The van der Waals surface area contributed by atoms with Gasteiger partial charge in [-0.25, -0.2) is 0 Å². The molecule has 84 valence electrons. The second-order valence-corrected chi connectivity index (χ2v) is 2.87. The van der Waals surface area contributed by atoms with Crippen LogP contribution in [0, 0.1) is 17.2 Å². The van der Waals surface area contributed by atoms with Crippen molar-refractivity contribution >= 4 is 46.0 Å². The second kappa shape index (κ2) is 16.6. The zero-order valence-electron chi connectivity index (χ0n) is 8.86. The third-order valence-corrected chi connectivity index (χ3v) is 1.86. The molecule has 0 aromatic rings. The van der Waals surface area contributed by atoms with Crippen LogP contribution in [0.15, 0.2) is 0 Å². The Kier molecular flexibility index (Phi) is 22.7. The number of carboxylic acid groups (broad SMARTS) is 1. The summed E-state index contributed by atoms with van der Waals surface area (Å²) in [5.41, 5.74) is 0. The van der Waals surface area contributed by atoms with E-state index in [0.29, 0.717) is 29.7 Å². The van der Waals surface area contributed by atoms with Crippen molar-refractivity contribution in [1.82, 2.24) is 0 Å². The predicted octanol–water partition coefficient (Wildman–Crippen LogP) is -0.208. The normalized spacial score (nSPS) is 10.2. The van der Waals surface area contributed by atoms with Crippen molar-refractivity contribution in [3.63, 3.8) is 0 Å². The molecule has 0 bridgehead atoms. The minimum atomic E-state index is -0.765. The van der Waals surface area contributed by atoms with Crippen LogP contribution < -0.4 is 0 Å². The maximum absolute atomic E-state index is 10.6. The molecule has 0 aliphatic heterocycles. The summed E-state index contributed by atoms with van der Waals surface area (Å²) in [4.78, 5) is 17.7. The number of rotatable bonds is 6. The molecule has 1 unspecified atom stereocenters. The van der Waals surface area contributed by atoms with E-state index in [2.05, 4.69) is 0 Å². The zero-order chi connectivity index (χ0) is 11.4. The molecule has 0 saturated heterocycles. The van der Waals surface area contributed by atoms with E-state index in [4.69, 9.17) is 15.2 Å². The van der Waals surface area contributed by atoms with Crippen LogP contribution in [0.5, 0.6) is 0 Å². The number of nitrogens with zero attached hydrogens (tertiary/aromatic N) is 1. The fourth-order valence-electron chi connectivity index (χ4n) is 1.08. The van der Waals surface area contributed by atoms with Crippen molar-refractivity contribution in [3.05, 3.63) is 0 Å². The molecule has 0 spiro atoms. The van der Waals surface area contributed by atoms with E-state index in [-0.39, 0.29) is 35.5 Å². The summed E-state index contributed by atoms with van der Waals surface area (Å²) in [5, 5.41) is 17.0. The molecule has 0 aliphatic rings. The number of hydrogen-bond donors (Lipinski definition) is 2. The first-order valence-corrected chi connectivity index (χ1v) is 5.66. The van der Waals surface area contributed by atoms with Crippen molar-refractivity contribution < 1.29 is 14.7 Å². The summed E-state index contributed by atoms with van der Waals surface area (Å²) in [6.45, 7) is 2.03. The molecule has 2 N–H and O–H groups in total. The van der Waals surface area contributed by atoms with Gasteiger partial charge >= 0.3 is 35.5 Å². The van der Waals surface area contributed by atoms with Crippen LogP contribution in [-0.4, -0.2) is 55.9 Å². The Hall–Kier alpha value is 0.137. The van der Waals surface area contributed by atoms with Crippen LogP contribution in [0.4, 0.5) is 0 Å². The van der Waals surface area contributed by atoms with E-state index in [1.54, 1.807) is 0 Å². The average molecular weight is 241 g/mol. The molecular weight excluding hydrogens is 221 g/mol. The van der Waals surface area contributed by atoms with Crippen LogP contribution in [0.1, 0.15) is 39.0 Å². The topological polar surface area (TPSA) is 81.3 Å². The molecule has 0 radical (unpaired) electrons. The number of carboxylic acids is 1. The van der Waals surface area contributed by atoms with Crippen LogP contribution in [0.25, 0.3) is 0 Å². The molecule has 0 aromatic carbocycles. The van der Waals surface area contributed by atoms with Crippen molar-refractivity contribution in [3.8, 4) is 6.07 Å². The van der Waals surface area contributed by atoms with Gasteiger partial charge in [0.25, 0.3) is 0 Å². The number of carbonyl (C=O) groups is 1. The Balaban J connectivity index is -0.000000449. The standard InChI is InChI=1S/C9H15NO2.Na.H4OSi.H/c1-2-3-5-8(9(11)12)6-4-7-10;;1-2;/h8H,2-6H2,1H3,(H,11,12);;1H,2H3;. The van der Waals surface area contributed by atoms with Gasteiger partial charge in [-0.3, -0.25) is 4.79 Å². The first-order chi connectivity index (χ1) is 6.72. The molecule has 4 nitrogen and oxygen atoms in total. The van der Waals surface area contributed by atoms with E-state index >= 15 is 0 Å². The monoisotopic (exact) mass is 241 g/mol. The predicted molar refractivity (Wildman–Crippen MR) is 64.8 cm³/mol. The molecule has 0 aliphatic carbocycles. The molecule has 0 rings (SSSR count). The quantitative estimate of drug-likeness (QED) is 0.631. The molecule has 0 saturated carbocycles. The molecule has 0 fully saturated rings. The molecule has 0 amide bonds. The van der Waals surface area contributed by atoms with Crippen molar-refractivity contribution in [2.24, 2.45) is 5.92 Å². The van der Waals surface area contributed by atoms with E-state index in [9.17, 15) is 4.79 Å². The third kappa shape index (κ3) is 14.1. The fourth-order valence-corrected chi connectivity index (χ4v) is 1.08. The van der Waals surface area contributed by atoms with Crippen LogP contribution in [0.3, 0.4) is 0 Å². The first kappa shape index (κ1) is 20.5. The van der Waals surface area contributed by atoms with Gasteiger partial charge in [0.15, 0.2) is 0 Å². The van der Waals surface area contributed by atoms with Gasteiger partial charge in [-0.1, -0.05) is 19.8 Å². The Labute approximate surface area is 117 Å². The Morgan fingerprint density at radius 3 is 2.33 bits per heavy atom. The Morgan fingerprint density at radius 2 is 2.00 bits per heavy atom. The van der Waals surface area contributed by atoms with Gasteiger partial charge in [0.05, 0.1) is 12.0 Å². The zero-order valence-corrected chi connectivity index (χ0v) is 10.9. The van der Waals surface area contributed by atoms with Crippen LogP contribution in [-0.2, 0) is 4.79 Å². The minimum absolute atomic E-state index is 0. The van der Waals surface area contributed by atoms with E-state index < -0.39 is 5.97 Å². The summed E-state index contributed by atoms with van der Waals surface area (Å²) in [6.07, 6.45) is 3.48. The molecule has 15 heavy (non-hydrogen) atoms. The molecular formula is C9H20NNaO3Si. The van der Waals surface area contributed by atoms with Gasteiger partial charge in [-0.2, -0.15) is 5.26 Å². The summed E-state index contributed by atoms with van der Waals surface area (Å²) < 4.78 is 0. The van der Waals surface area contributed by atoms with E-state index in [1.165, 1.54) is 0 Å². The second-order valence-electron chi connectivity index (χ2n) is 2.87. The van der Waals surface area contributed by atoms with E-state index in [0.717, 1.165) is 12.8 Å².